The summed E-state index contributed by atoms with van der Waals surface area (Å²) in [7, 11) is 1.67. The van der Waals surface area contributed by atoms with E-state index in [2.05, 4.69) is 15.0 Å². The van der Waals surface area contributed by atoms with E-state index in [-0.39, 0.29) is 0 Å². The van der Waals surface area contributed by atoms with Crippen molar-refractivity contribution in [2.24, 2.45) is 0 Å². The fraction of sp³-hybridized carbons (Fsp3) is 0.0556. The lowest BCUT2D eigenvalue weighted by molar-refractivity contribution is 0.415. The second-order valence-electron chi connectivity index (χ2n) is 5.61. The van der Waals surface area contributed by atoms with Crippen LogP contribution in [-0.2, 0) is 0 Å². The van der Waals surface area contributed by atoms with Gasteiger partial charge < -0.3 is 9.72 Å². The molecule has 0 aliphatic carbocycles. The maximum Gasteiger partial charge on any atom is 0.213 e. The van der Waals surface area contributed by atoms with Crippen LogP contribution in [0, 0.1) is 0 Å². The fourth-order valence-corrected chi connectivity index (χ4v) is 3.79. The number of benzene rings is 1. The third-order valence-corrected chi connectivity index (χ3v) is 5.09. The Hall–Kier alpha value is -3.19. The lowest BCUT2D eigenvalue weighted by atomic mass is 10.2. The van der Waals surface area contributed by atoms with E-state index >= 15 is 0 Å². The van der Waals surface area contributed by atoms with Crippen LogP contribution in [0.5, 0.6) is 5.75 Å². The van der Waals surface area contributed by atoms with Crippen LogP contribution in [0.25, 0.3) is 37.7 Å². The standard InChI is InChI=1S/C18H13N5OS/c1-24-12-2-3-15-13(8-12)14(9-20-15)17-22-23-10-16(21-18(23)25-17)11-4-6-19-7-5-11/h2-10,20H,1H3. The molecule has 0 spiro atoms. The van der Waals surface area contributed by atoms with Gasteiger partial charge in [0.25, 0.3) is 0 Å². The second-order valence-corrected chi connectivity index (χ2v) is 6.57. The maximum absolute atomic E-state index is 5.34. The number of ether oxygens (including phenoxy) is 1. The molecule has 5 aromatic rings. The van der Waals surface area contributed by atoms with Crippen molar-refractivity contribution in [1.82, 2.24) is 24.6 Å². The van der Waals surface area contributed by atoms with Gasteiger partial charge in [0.05, 0.1) is 19.0 Å². The highest BCUT2D eigenvalue weighted by molar-refractivity contribution is 7.20. The third-order valence-electron chi connectivity index (χ3n) is 4.14. The summed E-state index contributed by atoms with van der Waals surface area (Å²) in [5.41, 5.74) is 4.04. The summed E-state index contributed by atoms with van der Waals surface area (Å²) in [4.78, 5) is 12.9. The highest BCUT2D eigenvalue weighted by Gasteiger charge is 2.14. The highest BCUT2D eigenvalue weighted by Crippen LogP contribution is 2.34. The maximum atomic E-state index is 5.34. The molecule has 0 atom stereocenters. The number of fused-ring (bicyclic) bond motifs is 2. The van der Waals surface area contributed by atoms with Crippen molar-refractivity contribution in [2.75, 3.05) is 7.11 Å². The summed E-state index contributed by atoms with van der Waals surface area (Å²) in [6, 6.07) is 9.86. The Kier molecular flexibility index (Phi) is 3.07. The first-order valence-electron chi connectivity index (χ1n) is 7.74. The number of pyridine rings is 1. The van der Waals surface area contributed by atoms with Crippen LogP contribution in [0.2, 0.25) is 0 Å². The summed E-state index contributed by atoms with van der Waals surface area (Å²) >= 11 is 1.56. The van der Waals surface area contributed by atoms with Crippen LogP contribution in [0.3, 0.4) is 0 Å². The van der Waals surface area contributed by atoms with Gasteiger partial charge in [0, 0.05) is 40.6 Å². The van der Waals surface area contributed by atoms with E-state index in [9.17, 15) is 0 Å². The predicted molar refractivity (Wildman–Crippen MR) is 97.9 cm³/mol. The van der Waals surface area contributed by atoms with Crippen molar-refractivity contribution in [3.05, 3.63) is 55.1 Å². The summed E-state index contributed by atoms with van der Waals surface area (Å²) in [5.74, 6) is 0.828. The molecule has 0 fully saturated rings. The van der Waals surface area contributed by atoms with Gasteiger partial charge in [-0.05, 0) is 30.3 Å². The molecule has 4 heterocycles. The van der Waals surface area contributed by atoms with Gasteiger partial charge in [0.2, 0.25) is 4.96 Å². The molecule has 6 nitrogen and oxygen atoms in total. The Morgan fingerprint density at radius 1 is 1.16 bits per heavy atom. The average molecular weight is 347 g/mol. The number of hydrogen-bond donors (Lipinski definition) is 1. The molecule has 0 bridgehead atoms. The molecule has 0 unspecified atom stereocenters. The van der Waals surface area contributed by atoms with Crippen molar-refractivity contribution in [1.29, 1.82) is 0 Å². The topological polar surface area (TPSA) is 68.1 Å². The number of aromatic amines is 1. The molecule has 5 rings (SSSR count). The first kappa shape index (κ1) is 14.2. The Bertz CT molecular complexity index is 1160. The van der Waals surface area contributed by atoms with Gasteiger partial charge in [-0.25, -0.2) is 9.50 Å². The van der Waals surface area contributed by atoms with E-state index < -0.39 is 0 Å². The van der Waals surface area contributed by atoms with E-state index in [0.29, 0.717) is 0 Å². The monoisotopic (exact) mass is 347 g/mol. The van der Waals surface area contributed by atoms with Crippen LogP contribution in [0.15, 0.2) is 55.1 Å². The van der Waals surface area contributed by atoms with Crippen LogP contribution in [0.4, 0.5) is 0 Å². The zero-order valence-corrected chi connectivity index (χ0v) is 14.1. The first-order valence-corrected chi connectivity index (χ1v) is 8.55. The molecule has 0 radical (unpaired) electrons. The molecule has 122 valence electrons. The second kappa shape index (κ2) is 5.42. The fourth-order valence-electron chi connectivity index (χ4n) is 2.87. The molecule has 25 heavy (non-hydrogen) atoms. The number of nitrogens with one attached hydrogen (secondary N) is 1. The van der Waals surface area contributed by atoms with Gasteiger partial charge in [-0.1, -0.05) is 11.3 Å². The number of imidazole rings is 1. The minimum absolute atomic E-state index is 0.828. The van der Waals surface area contributed by atoms with Gasteiger partial charge in [0.15, 0.2) is 0 Å². The summed E-state index contributed by atoms with van der Waals surface area (Å²) in [5, 5.41) is 6.71. The number of nitrogens with zero attached hydrogens (tertiary/aromatic N) is 4. The summed E-state index contributed by atoms with van der Waals surface area (Å²) < 4.78 is 7.17. The zero-order chi connectivity index (χ0) is 16.8. The van der Waals surface area contributed by atoms with Crippen LogP contribution in [-0.4, -0.2) is 31.7 Å². The van der Waals surface area contributed by atoms with Crippen LogP contribution < -0.4 is 4.74 Å². The van der Waals surface area contributed by atoms with Crippen molar-refractivity contribution < 1.29 is 4.74 Å². The van der Waals surface area contributed by atoms with E-state index in [1.165, 1.54) is 0 Å². The largest absolute Gasteiger partial charge is 0.497 e. The minimum Gasteiger partial charge on any atom is -0.497 e. The number of rotatable bonds is 3. The van der Waals surface area contributed by atoms with E-state index in [1.54, 1.807) is 30.8 Å². The Balaban J connectivity index is 1.61. The lowest BCUT2D eigenvalue weighted by Crippen LogP contribution is -1.83. The molecule has 0 saturated carbocycles. The molecule has 7 heteroatoms. The van der Waals surface area contributed by atoms with Gasteiger partial charge >= 0.3 is 0 Å². The lowest BCUT2D eigenvalue weighted by Gasteiger charge is -1.99. The molecular weight excluding hydrogens is 334 g/mol. The van der Waals surface area contributed by atoms with Gasteiger partial charge in [-0.3, -0.25) is 4.98 Å². The third kappa shape index (κ3) is 2.28. The van der Waals surface area contributed by atoms with Crippen molar-refractivity contribution >= 4 is 27.2 Å². The quantitative estimate of drug-likeness (QED) is 0.535. The van der Waals surface area contributed by atoms with Gasteiger partial charge in [0.1, 0.15) is 10.8 Å². The van der Waals surface area contributed by atoms with Gasteiger partial charge in [-0.15, -0.1) is 0 Å². The van der Waals surface area contributed by atoms with Crippen LogP contribution in [0.1, 0.15) is 0 Å². The minimum atomic E-state index is 0.828. The Morgan fingerprint density at radius 2 is 2.04 bits per heavy atom. The number of H-pyrrole nitrogens is 1. The molecule has 4 aromatic heterocycles. The smallest absolute Gasteiger partial charge is 0.213 e. The average Bonchev–Trinajstić information content (AvgIpc) is 3.34. The molecule has 1 aromatic carbocycles. The number of hydrogen-bond acceptors (Lipinski definition) is 5. The van der Waals surface area contributed by atoms with E-state index in [1.807, 2.05) is 47.2 Å². The van der Waals surface area contributed by atoms with Crippen LogP contribution >= 0.6 is 11.3 Å². The van der Waals surface area contributed by atoms with Crippen molar-refractivity contribution in [3.8, 4) is 27.6 Å². The highest BCUT2D eigenvalue weighted by atomic mass is 32.1. The molecule has 0 amide bonds. The van der Waals surface area contributed by atoms with E-state index in [4.69, 9.17) is 9.84 Å². The molecule has 0 aliphatic rings. The van der Waals surface area contributed by atoms with Crippen molar-refractivity contribution in [2.45, 2.75) is 0 Å². The van der Waals surface area contributed by atoms with Gasteiger partial charge in [-0.2, -0.15) is 5.10 Å². The normalized spacial score (nSPS) is 11.4. The molecule has 1 N–H and O–H groups in total. The number of methoxy groups -OCH3 is 1. The molecule has 0 saturated heterocycles. The number of aromatic nitrogens is 5. The summed E-state index contributed by atoms with van der Waals surface area (Å²) in [6.07, 6.45) is 7.45. The zero-order valence-electron chi connectivity index (χ0n) is 13.3. The predicted octanol–water partition coefficient (Wildman–Crippen LogP) is 4.01. The molecular formula is C18H13N5OS. The SMILES string of the molecule is COc1ccc2[nH]cc(-c3nn4cc(-c5ccncc5)nc4s3)c2c1. The Labute approximate surface area is 146 Å². The van der Waals surface area contributed by atoms with Crippen molar-refractivity contribution in [3.63, 3.8) is 0 Å². The molecule has 0 aliphatic heterocycles. The first-order chi connectivity index (χ1) is 12.3. The Morgan fingerprint density at radius 3 is 2.84 bits per heavy atom. The van der Waals surface area contributed by atoms with E-state index in [0.717, 1.165) is 43.4 Å². The summed E-state index contributed by atoms with van der Waals surface area (Å²) in [6.45, 7) is 0.